The molecule has 1 unspecified atom stereocenters. The van der Waals surface area contributed by atoms with Gasteiger partial charge in [-0.25, -0.2) is 4.98 Å². The fourth-order valence-corrected chi connectivity index (χ4v) is 4.32. The Bertz CT molecular complexity index is 813. The van der Waals surface area contributed by atoms with Crippen LogP contribution in [0.1, 0.15) is 51.3 Å². The number of rotatable bonds is 3. The lowest BCUT2D eigenvalue weighted by molar-refractivity contribution is -0.225. The molecule has 5 nitrogen and oxygen atoms in total. The second-order valence-electron chi connectivity index (χ2n) is 8.04. The second-order valence-corrected chi connectivity index (χ2v) is 8.04. The lowest BCUT2D eigenvalue weighted by Crippen LogP contribution is -2.56. The number of hydrogen-bond donors (Lipinski definition) is 0. The van der Waals surface area contributed by atoms with Gasteiger partial charge in [0.25, 0.3) is 5.89 Å². The molecule has 2 aliphatic rings. The van der Waals surface area contributed by atoms with Crippen molar-refractivity contribution < 1.29 is 17.7 Å². The smallest absolute Gasteiger partial charge is 0.356 e. The summed E-state index contributed by atoms with van der Waals surface area (Å²) in [6.45, 7) is 4.71. The van der Waals surface area contributed by atoms with E-state index in [1.165, 1.54) is 0 Å². The predicted molar refractivity (Wildman–Crippen MR) is 94.3 cm³/mol. The van der Waals surface area contributed by atoms with Crippen LogP contribution in [-0.4, -0.2) is 34.4 Å². The molecule has 0 radical (unpaired) electrons. The zero-order chi connectivity index (χ0) is 19.2. The minimum atomic E-state index is -4.13. The Morgan fingerprint density at radius 1 is 1.30 bits per heavy atom. The zero-order valence-corrected chi connectivity index (χ0v) is 15.5. The van der Waals surface area contributed by atoms with E-state index in [1.54, 1.807) is 12.3 Å². The van der Waals surface area contributed by atoms with E-state index >= 15 is 0 Å². The Balaban J connectivity index is 1.57. The van der Waals surface area contributed by atoms with E-state index in [0.717, 1.165) is 12.0 Å². The van der Waals surface area contributed by atoms with Crippen LogP contribution < -0.4 is 4.90 Å². The van der Waals surface area contributed by atoms with E-state index in [2.05, 4.69) is 15.1 Å². The molecule has 1 atom stereocenters. The van der Waals surface area contributed by atoms with Gasteiger partial charge in [0.05, 0.1) is 5.92 Å². The Morgan fingerprint density at radius 3 is 2.67 bits per heavy atom. The number of alkyl halides is 3. The molecule has 1 saturated carbocycles. The van der Waals surface area contributed by atoms with Crippen molar-refractivity contribution in [3.05, 3.63) is 24.2 Å². The van der Waals surface area contributed by atoms with Gasteiger partial charge in [0, 0.05) is 30.8 Å². The quantitative estimate of drug-likeness (QED) is 0.765. The molecule has 0 aromatic carbocycles. The van der Waals surface area contributed by atoms with Gasteiger partial charge >= 0.3 is 6.18 Å². The van der Waals surface area contributed by atoms with E-state index < -0.39 is 17.5 Å². The van der Waals surface area contributed by atoms with E-state index in [-0.39, 0.29) is 12.3 Å². The van der Waals surface area contributed by atoms with Crippen molar-refractivity contribution in [2.75, 3.05) is 18.0 Å². The zero-order valence-electron chi connectivity index (χ0n) is 15.5. The van der Waals surface area contributed by atoms with Gasteiger partial charge in [-0.3, -0.25) is 0 Å². The van der Waals surface area contributed by atoms with Crippen molar-refractivity contribution >= 4 is 5.82 Å². The largest absolute Gasteiger partial charge is 0.392 e. The molecule has 0 bridgehead atoms. The van der Waals surface area contributed by atoms with Gasteiger partial charge in [0.2, 0.25) is 0 Å². The first-order valence-electron chi connectivity index (χ1n) is 9.40. The summed E-state index contributed by atoms with van der Waals surface area (Å²) in [5.41, 5.74) is 0.0729. The summed E-state index contributed by atoms with van der Waals surface area (Å²) in [5.74, 6) is 0.656. The topological polar surface area (TPSA) is 55.1 Å². The highest BCUT2D eigenvalue weighted by Gasteiger charge is 2.58. The van der Waals surface area contributed by atoms with E-state index in [4.69, 9.17) is 4.52 Å². The van der Waals surface area contributed by atoms with E-state index in [0.29, 0.717) is 43.5 Å². The minimum absolute atomic E-state index is 0.119. The highest BCUT2D eigenvalue weighted by Crippen LogP contribution is 2.56. The molecule has 2 fully saturated rings. The number of nitrogens with zero attached hydrogens (tertiary/aromatic N) is 4. The van der Waals surface area contributed by atoms with Gasteiger partial charge in [0.15, 0.2) is 5.82 Å². The van der Waals surface area contributed by atoms with Gasteiger partial charge in [-0.15, -0.1) is 0 Å². The van der Waals surface area contributed by atoms with E-state index in [1.807, 2.05) is 24.8 Å². The fourth-order valence-electron chi connectivity index (χ4n) is 4.32. The molecular formula is C19H23F3N4O. The minimum Gasteiger partial charge on any atom is -0.356 e. The molecule has 1 spiro atoms. The number of pyridine rings is 1. The van der Waals surface area contributed by atoms with Gasteiger partial charge < -0.3 is 9.42 Å². The molecule has 4 rings (SSSR count). The number of aromatic nitrogens is 3. The van der Waals surface area contributed by atoms with Crippen LogP contribution in [0.2, 0.25) is 0 Å². The van der Waals surface area contributed by atoms with Crippen LogP contribution in [-0.2, 0) is 0 Å². The van der Waals surface area contributed by atoms with Crippen LogP contribution in [0.3, 0.4) is 0 Å². The Kier molecular flexibility index (Phi) is 4.39. The average molecular weight is 380 g/mol. The SMILES string of the molecule is CC(C)c1noc(-c2ccnc(N3CCC(C(F)(F)F)C4(CCC4)C3)c2)n1. The molecule has 3 heterocycles. The first-order valence-corrected chi connectivity index (χ1v) is 9.40. The summed E-state index contributed by atoms with van der Waals surface area (Å²) in [6.07, 6.45) is -0.225. The molecule has 1 aliphatic carbocycles. The van der Waals surface area contributed by atoms with Crippen LogP contribution in [0.25, 0.3) is 11.5 Å². The maximum atomic E-state index is 13.5. The average Bonchev–Trinajstić information content (AvgIpc) is 3.09. The normalized spacial score (nSPS) is 22.3. The summed E-state index contributed by atoms with van der Waals surface area (Å²) in [7, 11) is 0. The standard InChI is InChI=1S/C19H23F3N4O/c1-12(2)16-24-17(27-25-16)13-4-8-23-15(10-13)26-9-5-14(19(20,21)22)18(11-26)6-3-7-18/h4,8,10,12,14H,3,5-7,9,11H2,1-2H3. The monoisotopic (exact) mass is 380 g/mol. The lowest BCUT2D eigenvalue weighted by atomic mass is 9.58. The molecule has 1 aliphatic heterocycles. The van der Waals surface area contributed by atoms with Gasteiger partial charge in [0.1, 0.15) is 5.82 Å². The highest BCUT2D eigenvalue weighted by atomic mass is 19.4. The second kappa shape index (κ2) is 6.49. The molecule has 0 N–H and O–H groups in total. The van der Waals surface area contributed by atoms with Crippen molar-refractivity contribution in [3.8, 4) is 11.5 Å². The first kappa shape index (κ1) is 18.3. The molecular weight excluding hydrogens is 357 g/mol. The van der Waals surface area contributed by atoms with Crippen LogP contribution in [0.15, 0.2) is 22.9 Å². The van der Waals surface area contributed by atoms with Crippen LogP contribution in [0.5, 0.6) is 0 Å². The van der Waals surface area contributed by atoms with Gasteiger partial charge in [-0.2, -0.15) is 18.2 Å². The summed E-state index contributed by atoms with van der Waals surface area (Å²) < 4.78 is 45.8. The van der Waals surface area contributed by atoms with Gasteiger partial charge in [-0.05, 0) is 36.8 Å². The maximum absolute atomic E-state index is 13.5. The van der Waals surface area contributed by atoms with Crippen molar-refractivity contribution in [2.24, 2.45) is 11.3 Å². The van der Waals surface area contributed by atoms with Gasteiger partial charge in [-0.1, -0.05) is 25.4 Å². The third-order valence-corrected chi connectivity index (χ3v) is 5.95. The summed E-state index contributed by atoms with van der Waals surface area (Å²) in [5, 5.41) is 3.97. The molecule has 27 heavy (non-hydrogen) atoms. The van der Waals surface area contributed by atoms with Crippen LogP contribution in [0.4, 0.5) is 19.0 Å². The first-order chi connectivity index (χ1) is 12.8. The van der Waals surface area contributed by atoms with Crippen LogP contribution in [0, 0.1) is 11.3 Å². The number of piperidine rings is 1. The van der Waals surface area contributed by atoms with Crippen molar-refractivity contribution in [3.63, 3.8) is 0 Å². The van der Waals surface area contributed by atoms with Crippen molar-refractivity contribution in [1.29, 1.82) is 0 Å². The summed E-state index contributed by atoms with van der Waals surface area (Å²) in [4.78, 5) is 10.8. The third kappa shape index (κ3) is 3.30. The van der Waals surface area contributed by atoms with Crippen LogP contribution >= 0.6 is 0 Å². The maximum Gasteiger partial charge on any atom is 0.392 e. The molecule has 0 amide bonds. The molecule has 1 saturated heterocycles. The predicted octanol–water partition coefficient (Wildman–Crippen LogP) is 4.81. The third-order valence-electron chi connectivity index (χ3n) is 5.95. The summed E-state index contributed by atoms with van der Waals surface area (Å²) >= 11 is 0. The Labute approximate surface area is 156 Å². The van der Waals surface area contributed by atoms with Crippen molar-refractivity contribution in [2.45, 2.75) is 51.6 Å². The summed E-state index contributed by atoms with van der Waals surface area (Å²) in [6, 6.07) is 3.61. The lowest BCUT2D eigenvalue weighted by Gasteiger charge is -2.54. The number of hydrogen-bond acceptors (Lipinski definition) is 5. The number of halogens is 3. The Hall–Kier alpha value is -2.12. The number of anilines is 1. The molecule has 2 aromatic heterocycles. The molecule has 146 valence electrons. The molecule has 2 aromatic rings. The highest BCUT2D eigenvalue weighted by molar-refractivity contribution is 5.59. The van der Waals surface area contributed by atoms with E-state index in [9.17, 15) is 13.2 Å². The fraction of sp³-hybridized carbons (Fsp3) is 0.632. The van der Waals surface area contributed by atoms with Crippen molar-refractivity contribution in [1.82, 2.24) is 15.1 Å². The Morgan fingerprint density at radius 2 is 2.07 bits per heavy atom. The molecule has 8 heteroatoms.